The maximum atomic E-state index is 11.4. The summed E-state index contributed by atoms with van der Waals surface area (Å²) in [6, 6.07) is 7.77. The van der Waals surface area contributed by atoms with Crippen LogP contribution in [0.2, 0.25) is 5.02 Å². The maximum absolute atomic E-state index is 11.4. The van der Waals surface area contributed by atoms with E-state index in [9.17, 15) is 8.42 Å². The van der Waals surface area contributed by atoms with Gasteiger partial charge in [-0.25, -0.2) is 13.1 Å². The molecule has 0 saturated carbocycles. The SMILES string of the molecule is CCCS(=O)(=O)NCCCCc1cccc(Cl)c1. The molecule has 18 heavy (non-hydrogen) atoms. The third-order valence-corrected chi connectivity index (χ3v) is 4.40. The maximum Gasteiger partial charge on any atom is 0.211 e. The summed E-state index contributed by atoms with van der Waals surface area (Å²) < 4.78 is 25.4. The smallest absolute Gasteiger partial charge is 0.211 e. The van der Waals surface area contributed by atoms with Gasteiger partial charge in [-0.05, 0) is 43.4 Å². The predicted octanol–water partition coefficient (Wildman–Crippen LogP) is 2.99. The Bertz CT molecular complexity index is 460. The fraction of sp³-hybridized carbons (Fsp3) is 0.538. The number of benzene rings is 1. The zero-order valence-corrected chi connectivity index (χ0v) is 12.2. The molecule has 1 aromatic carbocycles. The van der Waals surface area contributed by atoms with Crippen molar-refractivity contribution in [2.75, 3.05) is 12.3 Å². The van der Waals surface area contributed by atoms with Crippen molar-refractivity contribution in [2.24, 2.45) is 0 Å². The molecule has 0 spiro atoms. The van der Waals surface area contributed by atoms with Gasteiger partial charge in [0, 0.05) is 11.6 Å². The van der Waals surface area contributed by atoms with E-state index in [0.717, 1.165) is 24.3 Å². The highest BCUT2D eigenvalue weighted by molar-refractivity contribution is 7.89. The van der Waals surface area contributed by atoms with E-state index < -0.39 is 10.0 Å². The van der Waals surface area contributed by atoms with E-state index in [-0.39, 0.29) is 5.75 Å². The second-order valence-electron chi connectivity index (χ2n) is 4.30. The molecular weight excluding hydrogens is 270 g/mol. The van der Waals surface area contributed by atoms with Gasteiger partial charge in [0.05, 0.1) is 5.75 Å². The molecule has 1 N–H and O–H groups in total. The van der Waals surface area contributed by atoms with Crippen molar-refractivity contribution in [2.45, 2.75) is 32.6 Å². The quantitative estimate of drug-likeness (QED) is 0.748. The lowest BCUT2D eigenvalue weighted by molar-refractivity contribution is 0.575. The average molecular weight is 290 g/mol. The van der Waals surface area contributed by atoms with Crippen molar-refractivity contribution in [3.8, 4) is 0 Å². The van der Waals surface area contributed by atoms with Crippen molar-refractivity contribution in [3.05, 3.63) is 34.9 Å². The molecule has 1 rings (SSSR count). The van der Waals surface area contributed by atoms with Crippen LogP contribution < -0.4 is 4.72 Å². The Morgan fingerprint density at radius 2 is 2.06 bits per heavy atom. The van der Waals surface area contributed by atoms with Crippen LogP contribution in [0.4, 0.5) is 0 Å². The summed E-state index contributed by atoms with van der Waals surface area (Å²) in [6.07, 6.45) is 3.37. The largest absolute Gasteiger partial charge is 0.215 e. The number of hydrogen-bond donors (Lipinski definition) is 1. The van der Waals surface area contributed by atoms with E-state index in [1.54, 1.807) is 0 Å². The van der Waals surface area contributed by atoms with Gasteiger partial charge in [0.1, 0.15) is 0 Å². The Hall–Kier alpha value is -0.580. The van der Waals surface area contributed by atoms with Gasteiger partial charge < -0.3 is 0 Å². The predicted molar refractivity (Wildman–Crippen MR) is 76.5 cm³/mol. The van der Waals surface area contributed by atoms with E-state index in [0.29, 0.717) is 13.0 Å². The van der Waals surface area contributed by atoms with Crippen LogP contribution >= 0.6 is 11.6 Å². The van der Waals surface area contributed by atoms with Crippen LogP contribution in [-0.2, 0) is 16.4 Å². The highest BCUT2D eigenvalue weighted by atomic mass is 35.5. The first-order valence-corrected chi connectivity index (χ1v) is 8.28. The monoisotopic (exact) mass is 289 g/mol. The zero-order chi connectivity index (χ0) is 13.4. The van der Waals surface area contributed by atoms with Gasteiger partial charge in [-0.2, -0.15) is 0 Å². The van der Waals surface area contributed by atoms with Crippen LogP contribution in [-0.4, -0.2) is 20.7 Å². The summed E-state index contributed by atoms with van der Waals surface area (Å²) in [5, 5.41) is 0.746. The van der Waals surface area contributed by atoms with Gasteiger partial charge >= 0.3 is 0 Å². The minimum absolute atomic E-state index is 0.210. The third kappa shape index (κ3) is 6.38. The molecule has 0 unspecified atom stereocenters. The molecule has 0 radical (unpaired) electrons. The minimum Gasteiger partial charge on any atom is -0.215 e. The van der Waals surface area contributed by atoms with Crippen molar-refractivity contribution in [1.29, 1.82) is 0 Å². The van der Waals surface area contributed by atoms with Crippen LogP contribution in [0.3, 0.4) is 0 Å². The van der Waals surface area contributed by atoms with Crippen molar-refractivity contribution in [1.82, 2.24) is 4.72 Å². The van der Waals surface area contributed by atoms with Gasteiger partial charge in [0.25, 0.3) is 0 Å². The van der Waals surface area contributed by atoms with Gasteiger partial charge in [-0.3, -0.25) is 0 Å². The molecule has 0 aliphatic carbocycles. The molecule has 0 aliphatic rings. The highest BCUT2D eigenvalue weighted by Crippen LogP contribution is 2.12. The van der Waals surface area contributed by atoms with Crippen LogP contribution in [0.5, 0.6) is 0 Å². The summed E-state index contributed by atoms with van der Waals surface area (Å²) in [4.78, 5) is 0. The average Bonchev–Trinajstić information content (AvgIpc) is 2.28. The Kier molecular flexibility index (Phi) is 6.68. The zero-order valence-electron chi connectivity index (χ0n) is 10.7. The summed E-state index contributed by atoms with van der Waals surface area (Å²) >= 11 is 5.89. The summed E-state index contributed by atoms with van der Waals surface area (Å²) in [5.41, 5.74) is 1.19. The van der Waals surface area contributed by atoms with E-state index >= 15 is 0 Å². The molecule has 1 aromatic rings. The Labute approximate surface area is 115 Å². The Morgan fingerprint density at radius 1 is 1.28 bits per heavy atom. The molecule has 5 heteroatoms. The molecule has 0 aliphatic heterocycles. The molecular formula is C13H20ClNO2S. The van der Waals surface area contributed by atoms with Gasteiger partial charge in [0.15, 0.2) is 0 Å². The third-order valence-electron chi connectivity index (χ3n) is 2.58. The normalized spacial score (nSPS) is 11.7. The molecule has 0 heterocycles. The topological polar surface area (TPSA) is 46.2 Å². The van der Waals surface area contributed by atoms with Crippen molar-refractivity contribution in [3.63, 3.8) is 0 Å². The first kappa shape index (κ1) is 15.5. The number of unbranched alkanes of at least 4 members (excludes halogenated alkanes) is 1. The number of sulfonamides is 1. The summed E-state index contributed by atoms with van der Waals surface area (Å²) in [7, 11) is -3.05. The molecule has 102 valence electrons. The number of hydrogen-bond acceptors (Lipinski definition) is 2. The fourth-order valence-electron chi connectivity index (χ4n) is 1.72. The molecule has 3 nitrogen and oxygen atoms in total. The van der Waals surface area contributed by atoms with E-state index in [1.807, 2.05) is 31.2 Å². The summed E-state index contributed by atoms with van der Waals surface area (Å²) in [6.45, 7) is 2.38. The lowest BCUT2D eigenvalue weighted by Crippen LogP contribution is -2.27. The number of halogens is 1. The van der Waals surface area contributed by atoms with E-state index in [1.165, 1.54) is 5.56 Å². The van der Waals surface area contributed by atoms with Crippen LogP contribution in [0.1, 0.15) is 31.7 Å². The van der Waals surface area contributed by atoms with Crippen LogP contribution in [0.15, 0.2) is 24.3 Å². The van der Waals surface area contributed by atoms with Crippen molar-refractivity contribution >= 4 is 21.6 Å². The molecule has 0 bridgehead atoms. The van der Waals surface area contributed by atoms with Gasteiger partial charge in [-0.15, -0.1) is 0 Å². The second kappa shape index (κ2) is 7.77. The fourth-order valence-corrected chi connectivity index (χ4v) is 3.07. The molecule has 0 saturated heterocycles. The summed E-state index contributed by atoms with van der Waals surface area (Å²) in [5.74, 6) is 0.210. The number of aryl methyl sites for hydroxylation is 1. The second-order valence-corrected chi connectivity index (χ2v) is 6.66. The standard InChI is InChI=1S/C13H20ClNO2S/c1-2-10-18(16,17)15-9-4-3-6-12-7-5-8-13(14)11-12/h5,7-8,11,15H,2-4,6,9-10H2,1H3. The highest BCUT2D eigenvalue weighted by Gasteiger charge is 2.06. The Morgan fingerprint density at radius 3 is 2.72 bits per heavy atom. The first-order valence-electron chi connectivity index (χ1n) is 6.25. The Balaban J connectivity index is 2.20. The first-order chi connectivity index (χ1) is 8.53. The number of nitrogens with one attached hydrogen (secondary N) is 1. The van der Waals surface area contributed by atoms with Crippen LogP contribution in [0, 0.1) is 0 Å². The molecule has 0 atom stereocenters. The minimum atomic E-state index is -3.05. The van der Waals surface area contributed by atoms with Crippen LogP contribution in [0.25, 0.3) is 0 Å². The molecule has 0 amide bonds. The lowest BCUT2D eigenvalue weighted by Gasteiger charge is -2.05. The van der Waals surface area contributed by atoms with Gasteiger partial charge in [-0.1, -0.05) is 30.7 Å². The molecule has 0 aromatic heterocycles. The lowest BCUT2D eigenvalue weighted by atomic mass is 10.1. The number of rotatable bonds is 8. The van der Waals surface area contributed by atoms with Crippen molar-refractivity contribution < 1.29 is 8.42 Å². The van der Waals surface area contributed by atoms with Gasteiger partial charge in [0.2, 0.25) is 10.0 Å². The molecule has 0 fully saturated rings. The van der Waals surface area contributed by atoms with E-state index in [4.69, 9.17) is 11.6 Å². The van der Waals surface area contributed by atoms with E-state index in [2.05, 4.69) is 4.72 Å².